The Kier molecular flexibility index (Phi) is 22.9. The zero-order chi connectivity index (χ0) is 15.6. The highest BCUT2D eigenvalue weighted by Gasteiger charge is 1.98. The van der Waals surface area contributed by atoms with E-state index in [9.17, 15) is 0 Å². The molecule has 0 aromatic heterocycles. The molecule has 0 radical (unpaired) electrons. The third-order valence-corrected chi connectivity index (χ3v) is 2.77. The minimum Gasteiger partial charge on any atom is -0.394 e. The molecule has 0 saturated carbocycles. The van der Waals surface area contributed by atoms with E-state index in [1.54, 1.807) is 0 Å². The van der Waals surface area contributed by atoms with Crippen LogP contribution in [-0.4, -0.2) is 63.7 Å². The van der Waals surface area contributed by atoms with Gasteiger partial charge in [-0.15, -0.1) is 24.0 Å². The Morgan fingerprint density at radius 2 is 1.73 bits per heavy atom. The molecule has 0 saturated heterocycles. The zero-order valence-electron chi connectivity index (χ0n) is 14.1. The Labute approximate surface area is 152 Å². The number of hydrogen-bond donors (Lipinski definition) is 3. The van der Waals surface area contributed by atoms with Gasteiger partial charge in [-0.3, -0.25) is 4.99 Å². The molecule has 0 heterocycles. The van der Waals surface area contributed by atoms with Gasteiger partial charge < -0.3 is 25.2 Å². The van der Waals surface area contributed by atoms with Gasteiger partial charge in [-0.2, -0.15) is 0 Å². The fourth-order valence-corrected chi connectivity index (χ4v) is 1.67. The molecule has 0 fully saturated rings. The molecule has 0 aliphatic carbocycles. The van der Waals surface area contributed by atoms with Crippen LogP contribution in [0.2, 0.25) is 0 Å². The molecule has 6 nitrogen and oxygen atoms in total. The molecule has 0 aliphatic rings. The van der Waals surface area contributed by atoms with Crippen molar-refractivity contribution in [1.29, 1.82) is 0 Å². The van der Waals surface area contributed by atoms with Crippen LogP contribution in [0.3, 0.4) is 0 Å². The summed E-state index contributed by atoms with van der Waals surface area (Å²) >= 11 is 0. The van der Waals surface area contributed by atoms with Crippen LogP contribution in [0.1, 0.15) is 39.5 Å². The van der Waals surface area contributed by atoms with Crippen molar-refractivity contribution in [2.24, 2.45) is 4.99 Å². The summed E-state index contributed by atoms with van der Waals surface area (Å²) in [5, 5.41) is 15.2. The lowest BCUT2D eigenvalue weighted by molar-refractivity contribution is 0.0957. The summed E-state index contributed by atoms with van der Waals surface area (Å²) in [4.78, 5) is 4.52. The second-order valence-electron chi connectivity index (χ2n) is 4.68. The first-order valence-corrected chi connectivity index (χ1v) is 8.13. The monoisotopic (exact) mass is 431 g/mol. The predicted octanol–water partition coefficient (Wildman–Crippen LogP) is 1.77. The van der Waals surface area contributed by atoms with E-state index in [0.717, 1.165) is 45.1 Å². The lowest BCUT2D eigenvalue weighted by atomic mass is 10.2. The number of nitrogens with zero attached hydrogens (tertiary/aromatic N) is 1. The van der Waals surface area contributed by atoms with Crippen molar-refractivity contribution in [3.05, 3.63) is 0 Å². The van der Waals surface area contributed by atoms with E-state index in [4.69, 9.17) is 14.6 Å². The van der Waals surface area contributed by atoms with Crippen molar-refractivity contribution in [2.75, 3.05) is 52.7 Å². The third kappa shape index (κ3) is 17.9. The fourth-order valence-electron chi connectivity index (χ4n) is 1.67. The van der Waals surface area contributed by atoms with Crippen molar-refractivity contribution < 1.29 is 14.6 Å². The number of aliphatic hydroxyl groups is 1. The van der Waals surface area contributed by atoms with Crippen LogP contribution in [0.4, 0.5) is 0 Å². The van der Waals surface area contributed by atoms with Crippen LogP contribution in [0.15, 0.2) is 4.99 Å². The standard InChI is InChI=1S/C15H33N3O3.HI/c1-3-5-6-8-16-15(17-9-7-12-20-4-2)18-10-13-21-14-11-19;/h19H,3-14H2,1-2H3,(H2,16,17,18);1H. The molecule has 0 amide bonds. The number of rotatable bonds is 14. The van der Waals surface area contributed by atoms with Crippen LogP contribution in [0, 0.1) is 0 Å². The van der Waals surface area contributed by atoms with Gasteiger partial charge in [0.2, 0.25) is 0 Å². The number of aliphatic imine (C=N–C) groups is 1. The summed E-state index contributed by atoms with van der Waals surface area (Å²) < 4.78 is 10.5. The van der Waals surface area contributed by atoms with Crippen LogP contribution >= 0.6 is 24.0 Å². The van der Waals surface area contributed by atoms with Crippen molar-refractivity contribution in [3.63, 3.8) is 0 Å². The lowest BCUT2D eigenvalue weighted by Crippen LogP contribution is -2.39. The quantitative estimate of drug-likeness (QED) is 0.169. The number of nitrogens with one attached hydrogen (secondary N) is 2. The predicted molar refractivity (Wildman–Crippen MR) is 102 cm³/mol. The van der Waals surface area contributed by atoms with Crippen LogP contribution in [-0.2, 0) is 9.47 Å². The van der Waals surface area contributed by atoms with Gasteiger partial charge in [-0.25, -0.2) is 0 Å². The van der Waals surface area contributed by atoms with Gasteiger partial charge in [0.1, 0.15) is 0 Å². The molecule has 134 valence electrons. The molecule has 7 heteroatoms. The van der Waals surface area contributed by atoms with Gasteiger partial charge in [-0.1, -0.05) is 19.8 Å². The molecule has 0 spiro atoms. The molecular formula is C15H34IN3O3. The summed E-state index contributed by atoms with van der Waals surface area (Å²) in [6.07, 6.45) is 4.52. The largest absolute Gasteiger partial charge is 0.394 e. The Hall–Kier alpha value is -0.120. The summed E-state index contributed by atoms with van der Waals surface area (Å²) in [5.41, 5.74) is 0. The third-order valence-electron chi connectivity index (χ3n) is 2.77. The summed E-state index contributed by atoms with van der Waals surface area (Å²) in [6.45, 7) is 9.08. The topological polar surface area (TPSA) is 75.1 Å². The number of halogens is 1. The minimum atomic E-state index is 0. The second kappa shape index (κ2) is 20.9. The van der Waals surface area contributed by atoms with E-state index < -0.39 is 0 Å². The van der Waals surface area contributed by atoms with Crippen LogP contribution in [0.5, 0.6) is 0 Å². The SMILES string of the molecule is CCCCCNC(=NCCCOCC)NCCOCCO.I. The van der Waals surface area contributed by atoms with Crippen LogP contribution < -0.4 is 10.6 Å². The average molecular weight is 431 g/mol. The van der Waals surface area contributed by atoms with Crippen molar-refractivity contribution in [2.45, 2.75) is 39.5 Å². The first-order chi connectivity index (χ1) is 10.3. The van der Waals surface area contributed by atoms with Gasteiger partial charge in [0, 0.05) is 32.8 Å². The second-order valence-corrected chi connectivity index (χ2v) is 4.68. The van der Waals surface area contributed by atoms with E-state index in [0.29, 0.717) is 19.8 Å². The zero-order valence-corrected chi connectivity index (χ0v) is 16.4. The van der Waals surface area contributed by atoms with E-state index in [2.05, 4.69) is 22.5 Å². The van der Waals surface area contributed by atoms with E-state index >= 15 is 0 Å². The number of aliphatic hydroxyl groups excluding tert-OH is 1. The van der Waals surface area contributed by atoms with Gasteiger partial charge in [0.15, 0.2) is 5.96 Å². The molecule has 22 heavy (non-hydrogen) atoms. The van der Waals surface area contributed by atoms with E-state index in [1.165, 1.54) is 12.8 Å². The van der Waals surface area contributed by atoms with Gasteiger partial charge in [0.25, 0.3) is 0 Å². The minimum absolute atomic E-state index is 0. The molecule has 0 aliphatic heterocycles. The Morgan fingerprint density at radius 1 is 0.955 bits per heavy atom. The molecule has 0 aromatic rings. The van der Waals surface area contributed by atoms with Crippen molar-refractivity contribution in [3.8, 4) is 0 Å². The van der Waals surface area contributed by atoms with Crippen LogP contribution in [0.25, 0.3) is 0 Å². The molecule has 0 atom stereocenters. The Bertz CT molecular complexity index is 244. The first-order valence-electron chi connectivity index (χ1n) is 8.13. The van der Waals surface area contributed by atoms with Gasteiger partial charge in [-0.05, 0) is 19.8 Å². The summed E-state index contributed by atoms with van der Waals surface area (Å²) in [6, 6.07) is 0. The Balaban J connectivity index is 0. The van der Waals surface area contributed by atoms with Gasteiger partial charge >= 0.3 is 0 Å². The molecule has 0 bridgehead atoms. The fraction of sp³-hybridized carbons (Fsp3) is 0.933. The number of ether oxygens (including phenoxy) is 2. The molecule has 0 unspecified atom stereocenters. The molecular weight excluding hydrogens is 397 g/mol. The smallest absolute Gasteiger partial charge is 0.191 e. The van der Waals surface area contributed by atoms with Gasteiger partial charge in [0.05, 0.1) is 19.8 Å². The maximum absolute atomic E-state index is 8.64. The van der Waals surface area contributed by atoms with Crippen molar-refractivity contribution in [1.82, 2.24) is 10.6 Å². The first kappa shape index (κ1) is 24.1. The number of unbranched alkanes of at least 4 members (excludes halogenated alkanes) is 2. The van der Waals surface area contributed by atoms with Crippen molar-refractivity contribution >= 4 is 29.9 Å². The number of hydrogen-bond acceptors (Lipinski definition) is 4. The maximum atomic E-state index is 8.64. The molecule has 0 rings (SSSR count). The Morgan fingerprint density at radius 3 is 2.41 bits per heavy atom. The van der Waals surface area contributed by atoms with E-state index in [1.807, 2.05) is 6.92 Å². The number of guanidine groups is 1. The highest BCUT2D eigenvalue weighted by Crippen LogP contribution is 1.91. The normalized spacial score (nSPS) is 11.1. The highest BCUT2D eigenvalue weighted by atomic mass is 127. The summed E-state index contributed by atoms with van der Waals surface area (Å²) in [7, 11) is 0. The molecule has 0 aromatic carbocycles. The molecule has 3 N–H and O–H groups in total. The maximum Gasteiger partial charge on any atom is 0.191 e. The summed E-state index contributed by atoms with van der Waals surface area (Å²) in [5.74, 6) is 0.829. The highest BCUT2D eigenvalue weighted by molar-refractivity contribution is 14.0. The average Bonchev–Trinajstić information content (AvgIpc) is 2.50. The lowest BCUT2D eigenvalue weighted by Gasteiger charge is -2.12. The van der Waals surface area contributed by atoms with E-state index in [-0.39, 0.29) is 30.6 Å².